The second-order valence-corrected chi connectivity index (χ2v) is 10.3. The number of rotatable bonds is 4. The summed E-state index contributed by atoms with van der Waals surface area (Å²) in [6.45, 7) is 2.19. The molecule has 0 radical (unpaired) electrons. The van der Waals surface area contributed by atoms with Gasteiger partial charge in [-0.2, -0.15) is 9.30 Å². The zero-order chi connectivity index (χ0) is 22.3. The molecule has 1 fully saturated rings. The number of methoxy groups -OCH3 is 1. The Balaban J connectivity index is 1.73. The lowest BCUT2D eigenvalue weighted by Crippen LogP contribution is -2.40. The molecule has 31 heavy (non-hydrogen) atoms. The lowest BCUT2D eigenvalue weighted by molar-refractivity contribution is -0.121. The van der Waals surface area contributed by atoms with Crippen LogP contribution in [0.5, 0.6) is 5.75 Å². The average molecular weight is 464 g/mol. The van der Waals surface area contributed by atoms with E-state index >= 15 is 0 Å². The Bertz CT molecular complexity index is 1330. The van der Waals surface area contributed by atoms with E-state index in [-0.39, 0.29) is 11.4 Å². The van der Waals surface area contributed by atoms with Crippen molar-refractivity contribution in [1.29, 1.82) is 0 Å². The summed E-state index contributed by atoms with van der Waals surface area (Å²) in [7, 11) is -0.548. The third-order valence-electron chi connectivity index (χ3n) is 5.44. The summed E-state index contributed by atoms with van der Waals surface area (Å²) in [4.78, 5) is 17.8. The Hall–Kier alpha value is -2.56. The fraction of sp³-hybridized carbons (Fsp3) is 0.333. The third-order valence-corrected chi connectivity index (χ3v) is 8.63. The van der Waals surface area contributed by atoms with Gasteiger partial charge in [-0.1, -0.05) is 17.4 Å². The predicted octanol–water partition coefficient (Wildman–Crippen LogP) is 2.98. The summed E-state index contributed by atoms with van der Waals surface area (Å²) in [5.41, 5.74) is 1.87. The minimum Gasteiger partial charge on any atom is -0.495 e. The number of aryl methyl sites for hydroxylation is 2. The van der Waals surface area contributed by atoms with Crippen molar-refractivity contribution in [3.63, 3.8) is 0 Å². The maximum atomic E-state index is 13.2. The molecule has 3 aromatic rings. The van der Waals surface area contributed by atoms with Crippen molar-refractivity contribution in [3.8, 4) is 5.75 Å². The zero-order valence-electron chi connectivity index (χ0n) is 17.3. The number of hydrogen-bond donors (Lipinski definition) is 0. The largest absolute Gasteiger partial charge is 0.495 e. The van der Waals surface area contributed by atoms with Crippen molar-refractivity contribution in [2.24, 2.45) is 12.0 Å². The van der Waals surface area contributed by atoms with Gasteiger partial charge in [-0.15, -0.1) is 0 Å². The van der Waals surface area contributed by atoms with Crippen molar-refractivity contribution in [2.75, 3.05) is 13.7 Å². The minimum atomic E-state index is -3.93. The number of sulfonamides is 1. The van der Waals surface area contributed by atoms with E-state index in [1.165, 1.54) is 27.8 Å². The van der Waals surface area contributed by atoms with Crippen molar-refractivity contribution in [3.05, 3.63) is 52.6 Å². The van der Waals surface area contributed by atoms with E-state index in [1.54, 1.807) is 18.7 Å². The Labute approximate surface area is 183 Å². The molecule has 1 atom stereocenters. The van der Waals surface area contributed by atoms with Crippen LogP contribution in [-0.4, -0.2) is 42.9 Å². The highest BCUT2D eigenvalue weighted by atomic mass is 32.2. The van der Waals surface area contributed by atoms with Crippen LogP contribution in [-0.2, 0) is 21.9 Å². The van der Waals surface area contributed by atoms with E-state index in [0.717, 1.165) is 27.9 Å². The van der Waals surface area contributed by atoms with Gasteiger partial charge in [0, 0.05) is 13.6 Å². The molecule has 0 N–H and O–H groups in total. The smallest absolute Gasteiger partial charge is 0.266 e. The maximum absolute atomic E-state index is 13.2. The van der Waals surface area contributed by atoms with Gasteiger partial charge < -0.3 is 9.30 Å². The molecule has 2 aromatic carbocycles. The van der Waals surface area contributed by atoms with Gasteiger partial charge in [-0.25, -0.2) is 12.8 Å². The number of carbonyl (C=O) groups excluding carboxylic acids is 1. The van der Waals surface area contributed by atoms with E-state index in [9.17, 15) is 17.6 Å². The van der Waals surface area contributed by atoms with Gasteiger partial charge in [-0.3, -0.25) is 4.79 Å². The Morgan fingerprint density at radius 3 is 2.61 bits per heavy atom. The molecule has 1 aliphatic rings. The summed E-state index contributed by atoms with van der Waals surface area (Å²) in [6.07, 6.45) is 0.942. The fourth-order valence-electron chi connectivity index (χ4n) is 3.80. The number of halogens is 1. The molecular formula is C21H22FN3O4S2. The monoisotopic (exact) mass is 463 g/mol. The first-order valence-electron chi connectivity index (χ1n) is 9.73. The second kappa shape index (κ2) is 8.18. The summed E-state index contributed by atoms with van der Waals surface area (Å²) in [5.74, 6) is -0.359. The topological polar surface area (TPSA) is 81.0 Å². The molecule has 1 aromatic heterocycles. The molecule has 1 amide bonds. The van der Waals surface area contributed by atoms with E-state index in [2.05, 4.69) is 4.99 Å². The number of fused-ring (bicyclic) bond motifs is 1. The van der Waals surface area contributed by atoms with E-state index in [1.807, 2.05) is 19.1 Å². The number of nitrogens with zero attached hydrogens (tertiary/aromatic N) is 3. The molecule has 4 rings (SSSR count). The summed E-state index contributed by atoms with van der Waals surface area (Å²) >= 11 is 1.36. The van der Waals surface area contributed by atoms with Gasteiger partial charge in [0.2, 0.25) is 10.0 Å². The Morgan fingerprint density at radius 2 is 1.94 bits per heavy atom. The highest BCUT2D eigenvalue weighted by Crippen LogP contribution is 2.30. The van der Waals surface area contributed by atoms with Crippen LogP contribution in [0.2, 0.25) is 0 Å². The quantitative estimate of drug-likeness (QED) is 0.596. The van der Waals surface area contributed by atoms with E-state index in [0.29, 0.717) is 23.4 Å². The second-order valence-electron chi connectivity index (χ2n) is 7.38. The molecule has 1 aliphatic heterocycles. The number of thiazole rings is 1. The molecule has 10 heteroatoms. The molecule has 0 bridgehead atoms. The molecule has 1 unspecified atom stereocenters. The predicted molar refractivity (Wildman–Crippen MR) is 116 cm³/mol. The molecule has 0 aliphatic carbocycles. The molecule has 0 saturated carbocycles. The molecular weight excluding hydrogens is 441 g/mol. The van der Waals surface area contributed by atoms with Crippen LogP contribution < -0.4 is 9.54 Å². The highest BCUT2D eigenvalue weighted by molar-refractivity contribution is 7.89. The highest BCUT2D eigenvalue weighted by Gasteiger charge is 2.39. The van der Waals surface area contributed by atoms with E-state index in [4.69, 9.17) is 4.74 Å². The van der Waals surface area contributed by atoms with Crippen LogP contribution >= 0.6 is 11.3 Å². The lowest BCUT2D eigenvalue weighted by atomic mass is 10.2. The first-order chi connectivity index (χ1) is 14.7. The van der Waals surface area contributed by atoms with Gasteiger partial charge in [0.05, 0.1) is 16.7 Å². The maximum Gasteiger partial charge on any atom is 0.266 e. The first-order valence-corrected chi connectivity index (χ1v) is 12.0. The molecule has 2 heterocycles. The number of ether oxygens (including phenoxy) is 1. The van der Waals surface area contributed by atoms with Crippen molar-refractivity contribution < 1.29 is 22.3 Å². The van der Waals surface area contributed by atoms with Crippen LogP contribution in [0, 0.1) is 12.7 Å². The lowest BCUT2D eigenvalue weighted by Gasteiger charge is -2.21. The summed E-state index contributed by atoms with van der Waals surface area (Å²) < 4.78 is 48.7. The first kappa shape index (κ1) is 21.7. The van der Waals surface area contributed by atoms with Gasteiger partial charge in [0.1, 0.15) is 23.1 Å². The van der Waals surface area contributed by atoms with Crippen LogP contribution in [0.4, 0.5) is 4.39 Å². The van der Waals surface area contributed by atoms with Gasteiger partial charge >= 0.3 is 0 Å². The number of hydrogen-bond acceptors (Lipinski definition) is 5. The molecule has 164 valence electrons. The molecule has 7 nitrogen and oxygen atoms in total. The molecule has 1 saturated heterocycles. The van der Waals surface area contributed by atoms with Crippen molar-refractivity contribution in [1.82, 2.24) is 8.87 Å². The standard InChI is InChI=1S/C21H22FN3O4S2/c1-13-6-11-17(29-3)18-19(13)30-21(24(18)2)23-20(26)16-5-4-12-25(16)31(27,28)15-9-7-14(22)8-10-15/h6-11,16H,4-5,12H2,1-3H3. The van der Waals surface area contributed by atoms with E-state index < -0.39 is 27.8 Å². The van der Waals surface area contributed by atoms with Crippen molar-refractivity contribution >= 4 is 37.5 Å². The van der Waals surface area contributed by atoms with Gasteiger partial charge in [-0.05, 0) is 55.7 Å². The number of benzene rings is 2. The Morgan fingerprint density at radius 1 is 1.23 bits per heavy atom. The Kier molecular flexibility index (Phi) is 5.71. The van der Waals surface area contributed by atoms with Crippen LogP contribution in [0.25, 0.3) is 10.2 Å². The number of aromatic nitrogens is 1. The van der Waals surface area contributed by atoms with Gasteiger partial charge in [0.15, 0.2) is 4.80 Å². The summed E-state index contributed by atoms with van der Waals surface area (Å²) in [6, 6.07) is 7.53. The summed E-state index contributed by atoms with van der Waals surface area (Å²) in [5, 5.41) is 0. The normalized spacial score (nSPS) is 18.1. The third kappa shape index (κ3) is 3.79. The SMILES string of the molecule is COc1ccc(C)c2sc(=NC(=O)C3CCCN3S(=O)(=O)c3ccc(F)cc3)n(C)c12. The number of amides is 1. The average Bonchev–Trinajstić information content (AvgIpc) is 3.36. The van der Waals surface area contributed by atoms with Crippen LogP contribution in [0.15, 0.2) is 46.3 Å². The van der Waals surface area contributed by atoms with Gasteiger partial charge in [0.25, 0.3) is 5.91 Å². The van der Waals surface area contributed by atoms with Crippen molar-refractivity contribution in [2.45, 2.75) is 30.7 Å². The minimum absolute atomic E-state index is 0.0404. The zero-order valence-corrected chi connectivity index (χ0v) is 19.0. The molecule has 0 spiro atoms. The van der Waals surface area contributed by atoms with Crippen LogP contribution in [0.3, 0.4) is 0 Å². The van der Waals surface area contributed by atoms with Crippen LogP contribution in [0.1, 0.15) is 18.4 Å². The number of carbonyl (C=O) groups is 1. The fourth-order valence-corrected chi connectivity index (χ4v) is 6.56.